The molecule has 2 aliphatic rings. The van der Waals surface area contributed by atoms with Crippen molar-refractivity contribution < 1.29 is 14.3 Å². The van der Waals surface area contributed by atoms with Crippen molar-refractivity contribution in [3.05, 3.63) is 29.3 Å². The van der Waals surface area contributed by atoms with Crippen LogP contribution in [0.3, 0.4) is 0 Å². The van der Waals surface area contributed by atoms with Crippen LogP contribution in [-0.4, -0.2) is 26.2 Å². The molecule has 1 aromatic rings. The maximum atomic E-state index is 11.5. The van der Waals surface area contributed by atoms with Crippen molar-refractivity contribution in [1.82, 2.24) is 5.32 Å². The van der Waals surface area contributed by atoms with Gasteiger partial charge in [-0.3, -0.25) is 4.79 Å². The Labute approximate surface area is 99.9 Å². The van der Waals surface area contributed by atoms with E-state index in [0.29, 0.717) is 6.61 Å². The number of ether oxygens (including phenoxy) is 2. The van der Waals surface area contributed by atoms with Crippen LogP contribution in [0.15, 0.2) is 18.2 Å². The molecule has 4 heteroatoms. The smallest absolute Gasteiger partial charge is 0.246 e. The first-order valence-electron chi connectivity index (χ1n) is 5.80. The predicted octanol–water partition coefficient (Wildman–Crippen LogP) is 0.983. The Hall–Kier alpha value is -1.55. The lowest BCUT2D eigenvalue weighted by Gasteiger charge is -2.35. The van der Waals surface area contributed by atoms with Crippen LogP contribution in [0.1, 0.15) is 17.5 Å². The van der Waals surface area contributed by atoms with Gasteiger partial charge in [0.2, 0.25) is 5.91 Å². The number of aryl methyl sites for hydroxylation is 1. The van der Waals surface area contributed by atoms with E-state index in [1.54, 1.807) is 7.11 Å². The quantitative estimate of drug-likeness (QED) is 0.786. The van der Waals surface area contributed by atoms with Crippen molar-refractivity contribution in [3.63, 3.8) is 0 Å². The Bertz CT molecular complexity index is 472. The summed E-state index contributed by atoms with van der Waals surface area (Å²) in [7, 11) is 1.66. The molecule has 1 spiro atoms. The van der Waals surface area contributed by atoms with Gasteiger partial charge in [0.05, 0.1) is 19.3 Å². The SMILES string of the molecule is COc1ccc2c(c1)CCC21COCC(=O)N1. The highest BCUT2D eigenvalue weighted by Gasteiger charge is 2.42. The zero-order valence-corrected chi connectivity index (χ0v) is 9.79. The van der Waals surface area contributed by atoms with E-state index in [2.05, 4.69) is 5.32 Å². The molecule has 1 saturated heterocycles. The number of rotatable bonds is 1. The maximum Gasteiger partial charge on any atom is 0.246 e. The number of carbonyl (C=O) groups is 1. The van der Waals surface area contributed by atoms with Gasteiger partial charge in [-0.25, -0.2) is 0 Å². The van der Waals surface area contributed by atoms with Crippen LogP contribution in [0.4, 0.5) is 0 Å². The molecule has 1 atom stereocenters. The number of nitrogens with one attached hydrogen (secondary N) is 1. The molecule has 0 bridgehead atoms. The predicted molar refractivity (Wildman–Crippen MR) is 62.0 cm³/mol. The van der Waals surface area contributed by atoms with Gasteiger partial charge in [-0.1, -0.05) is 6.07 Å². The first-order chi connectivity index (χ1) is 8.23. The average molecular weight is 233 g/mol. The molecule has 1 N–H and O–H groups in total. The molecule has 0 aromatic heterocycles. The van der Waals surface area contributed by atoms with Gasteiger partial charge in [-0.15, -0.1) is 0 Å². The molecule has 17 heavy (non-hydrogen) atoms. The second-order valence-corrected chi connectivity index (χ2v) is 4.65. The largest absolute Gasteiger partial charge is 0.497 e. The Kier molecular flexibility index (Phi) is 2.33. The van der Waals surface area contributed by atoms with Crippen molar-refractivity contribution in [3.8, 4) is 5.75 Å². The molecule has 1 unspecified atom stereocenters. The highest BCUT2D eigenvalue weighted by Crippen LogP contribution is 2.39. The molecule has 1 aromatic carbocycles. The van der Waals surface area contributed by atoms with Crippen LogP contribution < -0.4 is 10.1 Å². The van der Waals surface area contributed by atoms with Gasteiger partial charge in [0.15, 0.2) is 0 Å². The summed E-state index contributed by atoms with van der Waals surface area (Å²) in [6.07, 6.45) is 1.86. The molecule has 4 nitrogen and oxygen atoms in total. The summed E-state index contributed by atoms with van der Waals surface area (Å²) in [5.41, 5.74) is 2.11. The lowest BCUT2D eigenvalue weighted by Crippen LogP contribution is -2.53. The van der Waals surface area contributed by atoms with Crippen LogP contribution >= 0.6 is 0 Å². The van der Waals surface area contributed by atoms with Crippen LogP contribution in [0, 0.1) is 0 Å². The highest BCUT2D eigenvalue weighted by atomic mass is 16.5. The number of fused-ring (bicyclic) bond motifs is 2. The lowest BCUT2D eigenvalue weighted by molar-refractivity contribution is -0.135. The molecule has 1 fully saturated rings. The van der Waals surface area contributed by atoms with E-state index in [1.165, 1.54) is 11.1 Å². The first kappa shape index (κ1) is 10.6. The molecule has 0 saturated carbocycles. The van der Waals surface area contributed by atoms with Crippen molar-refractivity contribution in [2.75, 3.05) is 20.3 Å². The molecule has 1 heterocycles. The van der Waals surface area contributed by atoms with Gasteiger partial charge in [-0.2, -0.15) is 0 Å². The van der Waals surface area contributed by atoms with Crippen molar-refractivity contribution in [1.29, 1.82) is 0 Å². The van der Waals surface area contributed by atoms with Gasteiger partial charge in [0, 0.05) is 0 Å². The third kappa shape index (κ3) is 1.60. The summed E-state index contributed by atoms with van der Waals surface area (Å²) in [5, 5.41) is 3.08. The van der Waals surface area contributed by atoms with Gasteiger partial charge >= 0.3 is 0 Å². The third-order valence-corrected chi connectivity index (χ3v) is 3.61. The monoisotopic (exact) mass is 233 g/mol. The summed E-state index contributed by atoms with van der Waals surface area (Å²) in [4.78, 5) is 11.5. The second kappa shape index (κ2) is 3.74. The molecular weight excluding hydrogens is 218 g/mol. The minimum Gasteiger partial charge on any atom is -0.497 e. The van der Waals surface area contributed by atoms with Crippen molar-refractivity contribution >= 4 is 5.91 Å². The number of carbonyl (C=O) groups excluding carboxylic acids is 1. The Morgan fingerprint density at radius 3 is 3.12 bits per heavy atom. The molecule has 1 aliphatic heterocycles. The fourth-order valence-electron chi connectivity index (χ4n) is 2.79. The molecule has 1 aliphatic carbocycles. The Morgan fingerprint density at radius 2 is 2.35 bits per heavy atom. The standard InChI is InChI=1S/C13H15NO3/c1-16-10-2-3-11-9(6-10)4-5-13(11)8-17-7-12(15)14-13/h2-3,6H,4-5,7-8H2,1H3,(H,14,15). The summed E-state index contributed by atoms with van der Waals surface area (Å²) in [5.74, 6) is 0.837. The van der Waals surface area contributed by atoms with Crippen LogP contribution in [0.5, 0.6) is 5.75 Å². The minimum atomic E-state index is -0.309. The summed E-state index contributed by atoms with van der Waals surface area (Å²) in [6.45, 7) is 0.741. The van der Waals surface area contributed by atoms with Crippen LogP contribution in [-0.2, 0) is 21.5 Å². The molecule has 90 valence electrons. The van der Waals surface area contributed by atoms with Crippen molar-refractivity contribution in [2.45, 2.75) is 18.4 Å². The fourth-order valence-corrected chi connectivity index (χ4v) is 2.79. The van der Waals surface area contributed by atoms with E-state index < -0.39 is 0 Å². The van der Waals surface area contributed by atoms with E-state index >= 15 is 0 Å². The number of methoxy groups -OCH3 is 1. The molecular formula is C13H15NO3. The summed E-state index contributed by atoms with van der Waals surface area (Å²) >= 11 is 0. The summed E-state index contributed by atoms with van der Waals surface area (Å²) in [6, 6.07) is 6.02. The van der Waals surface area contributed by atoms with E-state index in [-0.39, 0.29) is 18.1 Å². The van der Waals surface area contributed by atoms with Gasteiger partial charge < -0.3 is 14.8 Å². The zero-order chi connectivity index (χ0) is 11.9. The van der Waals surface area contributed by atoms with Crippen LogP contribution in [0.25, 0.3) is 0 Å². The molecule has 1 amide bonds. The van der Waals surface area contributed by atoms with E-state index in [9.17, 15) is 4.79 Å². The lowest BCUT2D eigenvalue weighted by atomic mass is 9.91. The van der Waals surface area contributed by atoms with Crippen molar-refractivity contribution in [2.24, 2.45) is 0 Å². The molecule has 0 radical (unpaired) electrons. The number of hydrogen-bond acceptors (Lipinski definition) is 3. The number of hydrogen-bond donors (Lipinski definition) is 1. The zero-order valence-electron chi connectivity index (χ0n) is 9.79. The Morgan fingerprint density at radius 1 is 1.47 bits per heavy atom. The molecule has 3 rings (SSSR count). The third-order valence-electron chi connectivity index (χ3n) is 3.61. The van der Waals surface area contributed by atoms with E-state index in [4.69, 9.17) is 9.47 Å². The van der Waals surface area contributed by atoms with E-state index in [1.807, 2.05) is 18.2 Å². The van der Waals surface area contributed by atoms with Crippen LogP contribution in [0.2, 0.25) is 0 Å². The van der Waals surface area contributed by atoms with Gasteiger partial charge in [0.25, 0.3) is 0 Å². The second-order valence-electron chi connectivity index (χ2n) is 4.65. The van der Waals surface area contributed by atoms with Gasteiger partial charge in [-0.05, 0) is 36.1 Å². The first-order valence-corrected chi connectivity index (χ1v) is 5.80. The number of benzene rings is 1. The fraction of sp³-hybridized carbons (Fsp3) is 0.462. The number of amides is 1. The van der Waals surface area contributed by atoms with Gasteiger partial charge in [0.1, 0.15) is 12.4 Å². The highest BCUT2D eigenvalue weighted by molar-refractivity contribution is 5.79. The summed E-state index contributed by atoms with van der Waals surface area (Å²) < 4.78 is 10.6. The topological polar surface area (TPSA) is 47.6 Å². The maximum absolute atomic E-state index is 11.5. The van der Waals surface area contributed by atoms with E-state index in [0.717, 1.165) is 18.6 Å². The number of morpholine rings is 1. The average Bonchev–Trinajstić information content (AvgIpc) is 2.67. The Balaban J connectivity index is 2.00. The normalized spacial score (nSPS) is 26.8. The minimum absolute atomic E-state index is 0.0279.